The average Bonchev–Trinajstić information content (AvgIpc) is 3.38. The average molecular weight is 723 g/mol. The predicted molar refractivity (Wildman–Crippen MR) is 168 cm³/mol. The van der Waals surface area contributed by atoms with Gasteiger partial charge in [0.2, 0.25) is 0 Å². The van der Waals surface area contributed by atoms with Crippen LogP contribution in [0.15, 0.2) is 120 Å². The summed E-state index contributed by atoms with van der Waals surface area (Å²) in [6.07, 6.45) is 4.76. The van der Waals surface area contributed by atoms with E-state index in [0.29, 0.717) is 0 Å². The van der Waals surface area contributed by atoms with Crippen molar-refractivity contribution in [1.29, 1.82) is 0 Å². The van der Waals surface area contributed by atoms with Crippen LogP contribution in [0.2, 0.25) is 0 Å². The molecule has 0 saturated heterocycles. The molecule has 0 fully saturated rings. The molecule has 4 heteroatoms. The Bertz CT molecular complexity index is 1930. The van der Waals surface area contributed by atoms with E-state index >= 15 is 0 Å². The molecular weight excluding hydrogens is 693 g/mol. The van der Waals surface area contributed by atoms with Gasteiger partial charge in [0.15, 0.2) is 0 Å². The first-order valence-corrected chi connectivity index (χ1v) is 13.8. The molecule has 3 aromatic heterocycles. The van der Waals surface area contributed by atoms with Crippen LogP contribution in [0.5, 0.6) is 0 Å². The summed E-state index contributed by atoms with van der Waals surface area (Å²) in [4.78, 5) is 9.01. The summed E-state index contributed by atoms with van der Waals surface area (Å²) in [5.74, 6) is 0. The normalized spacial score (nSPS) is 10.6. The first-order chi connectivity index (χ1) is 20.0. The van der Waals surface area contributed by atoms with Crippen LogP contribution in [0.4, 0.5) is 0 Å². The number of benzene rings is 4. The minimum absolute atomic E-state index is 0. The SMILES string of the molecule is Cc1ccc(-c2[c-]ccc3c2oc2cc(C)ccc23)nc1.Cc1cnc(-c2[c-]cccc2)cc1Cc1ccccc1.[Ir]. The first kappa shape index (κ1) is 29.1. The number of fused-ring (bicyclic) bond motifs is 3. The zero-order valence-corrected chi connectivity index (χ0v) is 26.2. The Morgan fingerprint density at radius 2 is 1.45 bits per heavy atom. The molecular formula is C38H30IrN2O-2. The van der Waals surface area contributed by atoms with Crippen LogP contribution >= 0.6 is 0 Å². The van der Waals surface area contributed by atoms with Crippen molar-refractivity contribution in [1.82, 2.24) is 9.97 Å². The molecule has 0 atom stereocenters. The van der Waals surface area contributed by atoms with Crippen LogP contribution in [-0.2, 0) is 26.5 Å². The van der Waals surface area contributed by atoms with E-state index in [1.807, 2.05) is 67.8 Å². The first-order valence-electron chi connectivity index (χ1n) is 13.8. The van der Waals surface area contributed by atoms with E-state index in [1.165, 1.54) is 22.3 Å². The second-order valence-corrected chi connectivity index (χ2v) is 10.4. The molecule has 4 aromatic carbocycles. The molecule has 0 unspecified atom stereocenters. The molecule has 0 aliphatic carbocycles. The minimum Gasteiger partial charge on any atom is -0.501 e. The summed E-state index contributed by atoms with van der Waals surface area (Å²) in [6, 6.07) is 41.5. The number of nitrogens with zero attached hydrogens (tertiary/aromatic N) is 2. The Labute approximate surface area is 260 Å². The monoisotopic (exact) mass is 723 g/mol. The fourth-order valence-corrected chi connectivity index (χ4v) is 4.93. The van der Waals surface area contributed by atoms with Crippen LogP contribution in [0.25, 0.3) is 44.5 Å². The van der Waals surface area contributed by atoms with E-state index in [9.17, 15) is 0 Å². The number of aryl methyl sites for hydroxylation is 3. The molecule has 0 bridgehead atoms. The summed E-state index contributed by atoms with van der Waals surface area (Å²) >= 11 is 0. The third kappa shape index (κ3) is 6.41. The van der Waals surface area contributed by atoms with Crippen molar-refractivity contribution in [3.63, 3.8) is 0 Å². The fraction of sp³-hybridized carbons (Fsp3) is 0.105. The van der Waals surface area contributed by atoms with Crippen molar-refractivity contribution < 1.29 is 24.5 Å². The molecule has 0 saturated carbocycles. The third-order valence-corrected chi connectivity index (χ3v) is 7.19. The number of rotatable bonds is 4. The maximum absolute atomic E-state index is 6.08. The maximum Gasteiger partial charge on any atom is 0.121 e. The van der Waals surface area contributed by atoms with Crippen LogP contribution in [0.3, 0.4) is 0 Å². The molecule has 1 radical (unpaired) electrons. The summed E-state index contributed by atoms with van der Waals surface area (Å²) in [5, 5.41) is 2.25. The summed E-state index contributed by atoms with van der Waals surface area (Å²) in [5.41, 5.74) is 11.8. The van der Waals surface area contributed by atoms with Gasteiger partial charge < -0.3 is 14.4 Å². The van der Waals surface area contributed by atoms with Gasteiger partial charge in [0.25, 0.3) is 0 Å². The number of pyridine rings is 2. The maximum atomic E-state index is 6.08. The van der Waals surface area contributed by atoms with Gasteiger partial charge in [0.1, 0.15) is 5.58 Å². The van der Waals surface area contributed by atoms with Gasteiger partial charge in [0.05, 0.1) is 5.58 Å². The van der Waals surface area contributed by atoms with Crippen molar-refractivity contribution in [3.05, 3.63) is 155 Å². The topological polar surface area (TPSA) is 38.9 Å². The molecule has 0 spiro atoms. The van der Waals surface area contributed by atoms with Crippen LogP contribution in [-0.4, -0.2) is 9.97 Å². The summed E-state index contributed by atoms with van der Waals surface area (Å²) in [7, 11) is 0. The second-order valence-electron chi connectivity index (χ2n) is 10.4. The van der Waals surface area contributed by atoms with E-state index < -0.39 is 0 Å². The fourth-order valence-electron chi connectivity index (χ4n) is 4.93. The van der Waals surface area contributed by atoms with E-state index in [2.05, 4.69) is 90.5 Å². The number of furan rings is 1. The van der Waals surface area contributed by atoms with Gasteiger partial charge >= 0.3 is 0 Å². The standard InChI is InChI=1S/C19H14NO.C19H16N.Ir/c1-12-6-8-14-15-4-3-5-16(19(15)21-18(14)10-12)17-9-7-13(2)11-20-17;1-15-14-20-19(17-10-6-3-7-11-17)13-18(15)12-16-8-4-2-5-9-16;/h3-4,6-11H,1-2H3;2-10,13-14H,12H2,1H3;/q2*-1;. The molecule has 0 amide bonds. The van der Waals surface area contributed by atoms with Gasteiger partial charge in [-0.05, 0) is 72.5 Å². The van der Waals surface area contributed by atoms with E-state index in [-0.39, 0.29) is 20.1 Å². The number of hydrogen-bond acceptors (Lipinski definition) is 3. The quantitative estimate of drug-likeness (QED) is 0.170. The van der Waals surface area contributed by atoms with Crippen LogP contribution in [0, 0.1) is 32.9 Å². The Morgan fingerprint density at radius 3 is 2.21 bits per heavy atom. The van der Waals surface area contributed by atoms with Crippen molar-refractivity contribution in [2.24, 2.45) is 0 Å². The van der Waals surface area contributed by atoms with Crippen molar-refractivity contribution >= 4 is 21.9 Å². The zero-order chi connectivity index (χ0) is 28.2. The largest absolute Gasteiger partial charge is 0.501 e. The second kappa shape index (κ2) is 13.1. The molecule has 7 aromatic rings. The molecule has 42 heavy (non-hydrogen) atoms. The smallest absolute Gasteiger partial charge is 0.121 e. The van der Waals surface area contributed by atoms with Gasteiger partial charge in [-0.3, -0.25) is 0 Å². The van der Waals surface area contributed by atoms with E-state index in [4.69, 9.17) is 4.42 Å². The predicted octanol–water partition coefficient (Wildman–Crippen LogP) is 9.51. The van der Waals surface area contributed by atoms with E-state index in [1.54, 1.807) is 0 Å². The Balaban J connectivity index is 0.000000164. The van der Waals surface area contributed by atoms with Gasteiger partial charge in [-0.15, -0.1) is 54.1 Å². The van der Waals surface area contributed by atoms with Crippen molar-refractivity contribution in [2.75, 3.05) is 0 Å². The zero-order valence-electron chi connectivity index (χ0n) is 23.8. The van der Waals surface area contributed by atoms with E-state index in [0.717, 1.165) is 56.4 Å². The van der Waals surface area contributed by atoms with Gasteiger partial charge in [0, 0.05) is 37.9 Å². The Kier molecular flexibility index (Phi) is 9.07. The molecule has 0 aliphatic rings. The van der Waals surface area contributed by atoms with Gasteiger partial charge in [-0.2, -0.15) is 0 Å². The third-order valence-electron chi connectivity index (χ3n) is 7.19. The van der Waals surface area contributed by atoms with Crippen LogP contribution < -0.4 is 0 Å². The summed E-state index contributed by atoms with van der Waals surface area (Å²) < 4.78 is 6.08. The van der Waals surface area contributed by atoms with Crippen LogP contribution in [0.1, 0.15) is 27.8 Å². The Morgan fingerprint density at radius 1 is 0.667 bits per heavy atom. The molecule has 3 nitrogen and oxygen atoms in total. The molecule has 0 aliphatic heterocycles. The molecule has 0 N–H and O–H groups in total. The number of aromatic nitrogens is 2. The number of hydrogen-bond donors (Lipinski definition) is 0. The molecule has 7 rings (SSSR count). The van der Waals surface area contributed by atoms with Crippen molar-refractivity contribution in [2.45, 2.75) is 27.2 Å². The summed E-state index contributed by atoms with van der Waals surface area (Å²) in [6.45, 7) is 6.22. The molecule has 209 valence electrons. The van der Waals surface area contributed by atoms with Crippen molar-refractivity contribution in [3.8, 4) is 22.5 Å². The Hall–Kier alpha value is -4.37. The van der Waals surface area contributed by atoms with Gasteiger partial charge in [-0.1, -0.05) is 71.6 Å². The minimum atomic E-state index is 0. The van der Waals surface area contributed by atoms with Gasteiger partial charge in [-0.25, -0.2) is 0 Å². The molecule has 3 heterocycles.